The van der Waals surface area contributed by atoms with Crippen LogP contribution in [0.5, 0.6) is 11.5 Å². The molecular weight excluding hydrogens is 354 g/mol. The van der Waals surface area contributed by atoms with Crippen molar-refractivity contribution >= 4 is 33.2 Å². The molecule has 0 radical (unpaired) electrons. The summed E-state index contributed by atoms with van der Waals surface area (Å²) >= 11 is 9.57. The third kappa shape index (κ3) is 4.55. The van der Waals surface area contributed by atoms with Crippen LogP contribution in [0.1, 0.15) is 18.9 Å². The average molecular weight is 371 g/mol. The maximum absolute atomic E-state index is 9.80. The molecule has 2 aromatic carbocycles. The van der Waals surface area contributed by atoms with E-state index < -0.39 is 0 Å². The van der Waals surface area contributed by atoms with Crippen molar-refractivity contribution in [3.05, 3.63) is 51.5 Å². The molecule has 0 amide bonds. The molecule has 112 valence electrons. The lowest BCUT2D eigenvalue weighted by Gasteiger charge is -2.11. The Balaban J connectivity index is 2.03. The molecule has 0 fully saturated rings. The largest absolute Gasteiger partial charge is 0.508 e. The summed E-state index contributed by atoms with van der Waals surface area (Å²) in [6.07, 6.45) is 0.943. The molecule has 0 heterocycles. The summed E-state index contributed by atoms with van der Waals surface area (Å²) in [6, 6.07) is 10.9. The Labute approximate surface area is 138 Å². The average Bonchev–Trinajstić information content (AvgIpc) is 2.47. The minimum Gasteiger partial charge on any atom is -0.508 e. The minimum absolute atomic E-state index is 0.264. The SMILES string of the molecule is CCCOc1ccc(NCc2cc(Br)ccc2O)cc1Cl. The fraction of sp³-hybridized carbons (Fsp3) is 0.250. The Morgan fingerprint density at radius 3 is 2.76 bits per heavy atom. The van der Waals surface area contributed by atoms with Crippen molar-refractivity contribution in [2.75, 3.05) is 11.9 Å². The molecule has 0 atom stereocenters. The first-order valence-electron chi connectivity index (χ1n) is 6.73. The second-order valence-corrected chi connectivity index (χ2v) is 5.94. The van der Waals surface area contributed by atoms with Crippen molar-refractivity contribution < 1.29 is 9.84 Å². The Morgan fingerprint density at radius 1 is 1.24 bits per heavy atom. The van der Waals surface area contributed by atoms with Gasteiger partial charge in [0.2, 0.25) is 0 Å². The molecule has 3 nitrogen and oxygen atoms in total. The molecule has 0 aliphatic carbocycles. The van der Waals surface area contributed by atoms with Crippen molar-refractivity contribution in [1.82, 2.24) is 0 Å². The summed E-state index contributed by atoms with van der Waals surface area (Å²) < 4.78 is 6.46. The highest BCUT2D eigenvalue weighted by atomic mass is 79.9. The first kappa shape index (κ1) is 16.0. The van der Waals surface area contributed by atoms with Crippen molar-refractivity contribution in [2.24, 2.45) is 0 Å². The highest BCUT2D eigenvalue weighted by Crippen LogP contribution is 2.29. The molecule has 2 rings (SSSR count). The van der Waals surface area contributed by atoms with Crippen molar-refractivity contribution in [3.8, 4) is 11.5 Å². The van der Waals surface area contributed by atoms with Crippen molar-refractivity contribution in [1.29, 1.82) is 0 Å². The second-order valence-electron chi connectivity index (χ2n) is 4.62. The third-order valence-electron chi connectivity index (χ3n) is 2.92. The molecule has 5 heteroatoms. The first-order chi connectivity index (χ1) is 10.1. The zero-order valence-electron chi connectivity index (χ0n) is 11.7. The van der Waals surface area contributed by atoms with Gasteiger partial charge in [-0.2, -0.15) is 0 Å². The molecule has 0 aromatic heterocycles. The molecule has 0 saturated heterocycles. The van der Waals surface area contributed by atoms with Gasteiger partial charge in [-0.15, -0.1) is 0 Å². The van der Waals surface area contributed by atoms with Gasteiger partial charge in [0.25, 0.3) is 0 Å². The van der Waals surface area contributed by atoms with E-state index in [1.807, 2.05) is 31.2 Å². The van der Waals surface area contributed by atoms with E-state index in [-0.39, 0.29) is 5.75 Å². The van der Waals surface area contributed by atoms with E-state index in [4.69, 9.17) is 16.3 Å². The topological polar surface area (TPSA) is 41.5 Å². The van der Waals surface area contributed by atoms with Gasteiger partial charge in [-0.25, -0.2) is 0 Å². The van der Waals surface area contributed by atoms with E-state index in [1.54, 1.807) is 12.1 Å². The normalized spacial score (nSPS) is 10.4. The number of hydrogen-bond acceptors (Lipinski definition) is 3. The lowest BCUT2D eigenvalue weighted by molar-refractivity contribution is 0.317. The molecule has 21 heavy (non-hydrogen) atoms. The molecular formula is C16H17BrClNO2. The Hall–Kier alpha value is -1.39. The molecule has 0 unspecified atom stereocenters. The fourth-order valence-electron chi connectivity index (χ4n) is 1.83. The first-order valence-corrected chi connectivity index (χ1v) is 7.91. The molecule has 0 aliphatic rings. The maximum Gasteiger partial charge on any atom is 0.138 e. The number of hydrogen-bond donors (Lipinski definition) is 2. The number of anilines is 1. The van der Waals surface area contributed by atoms with E-state index in [0.29, 0.717) is 23.9 Å². The van der Waals surface area contributed by atoms with Gasteiger partial charge in [0.1, 0.15) is 11.5 Å². The number of nitrogens with one attached hydrogen (secondary N) is 1. The molecule has 0 aliphatic heterocycles. The molecule has 0 spiro atoms. The Kier molecular flexibility index (Phi) is 5.76. The summed E-state index contributed by atoms with van der Waals surface area (Å²) in [5, 5.41) is 13.6. The molecule has 0 saturated carbocycles. The number of phenolic OH excluding ortho intramolecular Hbond substituents is 1. The lowest BCUT2D eigenvalue weighted by atomic mass is 10.2. The lowest BCUT2D eigenvalue weighted by Crippen LogP contribution is -2.01. The van der Waals surface area contributed by atoms with Gasteiger partial charge in [-0.1, -0.05) is 34.5 Å². The second kappa shape index (κ2) is 7.57. The van der Waals surface area contributed by atoms with Gasteiger partial charge < -0.3 is 15.2 Å². The minimum atomic E-state index is 0.264. The fourth-order valence-corrected chi connectivity index (χ4v) is 2.48. The van der Waals surface area contributed by atoms with Crippen LogP contribution in [0.25, 0.3) is 0 Å². The third-order valence-corrected chi connectivity index (χ3v) is 3.71. The van der Waals surface area contributed by atoms with E-state index in [1.165, 1.54) is 0 Å². The van der Waals surface area contributed by atoms with E-state index in [0.717, 1.165) is 22.1 Å². The van der Waals surface area contributed by atoms with E-state index in [9.17, 15) is 5.11 Å². The van der Waals surface area contributed by atoms with Gasteiger partial charge >= 0.3 is 0 Å². The van der Waals surface area contributed by atoms with Crippen LogP contribution in [0, 0.1) is 0 Å². The zero-order chi connectivity index (χ0) is 15.2. The summed E-state index contributed by atoms with van der Waals surface area (Å²) in [7, 11) is 0. The highest BCUT2D eigenvalue weighted by molar-refractivity contribution is 9.10. The maximum atomic E-state index is 9.80. The van der Waals surface area contributed by atoms with Crippen LogP contribution in [-0.4, -0.2) is 11.7 Å². The van der Waals surface area contributed by atoms with Gasteiger partial charge in [-0.05, 0) is 42.8 Å². The van der Waals surface area contributed by atoms with Gasteiger partial charge in [0.15, 0.2) is 0 Å². The van der Waals surface area contributed by atoms with Crippen LogP contribution in [0.4, 0.5) is 5.69 Å². The van der Waals surface area contributed by atoms with Crippen LogP contribution in [-0.2, 0) is 6.54 Å². The number of rotatable bonds is 6. The highest BCUT2D eigenvalue weighted by Gasteiger charge is 2.05. The smallest absolute Gasteiger partial charge is 0.138 e. The zero-order valence-corrected chi connectivity index (χ0v) is 14.0. The van der Waals surface area contributed by atoms with Crippen LogP contribution in [0.2, 0.25) is 5.02 Å². The van der Waals surface area contributed by atoms with Gasteiger partial charge in [0.05, 0.1) is 11.6 Å². The van der Waals surface area contributed by atoms with Crippen molar-refractivity contribution in [3.63, 3.8) is 0 Å². The number of benzene rings is 2. The van der Waals surface area contributed by atoms with Crippen LogP contribution in [0.15, 0.2) is 40.9 Å². The predicted octanol–water partition coefficient (Wildman–Crippen LogP) is 5.21. The quantitative estimate of drug-likeness (QED) is 0.733. The molecule has 0 bridgehead atoms. The van der Waals surface area contributed by atoms with E-state index in [2.05, 4.69) is 21.2 Å². The van der Waals surface area contributed by atoms with Crippen LogP contribution < -0.4 is 10.1 Å². The van der Waals surface area contributed by atoms with Crippen molar-refractivity contribution in [2.45, 2.75) is 19.9 Å². The molecule has 2 N–H and O–H groups in total. The summed E-state index contributed by atoms with van der Waals surface area (Å²) in [5.41, 5.74) is 1.69. The number of ether oxygens (including phenoxy) is 1. The molecule has 2 aromatic rings. The Bertz CT molecular complexity index is 619. The Morgan fingerprint density at radius 2 is 2.05 bits per heavy atom. The van der Waals surface area contributed by atoms with E-state index >= 15 is 0 Å². The summed E-state index contributed by atoms with van der Waals surface area (Å²) in [4.78, 5) is 0. The van der Waals surface area contributed by atoms with Crippen LogP contribution >= 0.6 is 27.5 Å². The van der Waals surface area contributed by atoms with Crippen LogP contribution in [0.3, 0.4) is 0 Å². The monoisotopic (exact) mass is 369 g/mol. The number of phenols is 1. The van der Waals surface area contributed by atoms with Gasteiger partial charge in [-0.3, -0.25) is 0 Å². The predicted molar refractivity (Wildman–Crippen MR) is 90.4 cm³/mol. The summed E-state index contributed by atoms with van der Waals surface area (Å²) in [5.74, 6) is 0.953. The number of aromatic hydroxyl groups is 1. The number of halogens is 2. The summed E-state index contributed by atoms with van der Waals surface area (Å²) in [6.45, 7) is 3.21. The standard InChI is InChI=1S/C16H17BrClNO2/c1-2-7-21-16-6-4-13(9-14(16)18)19-10-11-8-12(17)3-5-15(11)20/h3-6,8-9,19-20H,2,7,10H2,1H3. The van der Waals surface area contributed by atoms with Gasteiger partial charge in [0, 0.05) is 22.3 Å².